The molecule has 0 radical (unpaired) electrons. The topological polar surface area (TPSA) is 44.9 Å². The summed E-state index contributed by atoms with van der Waals surface area (Å²) in [6.45, 7) is 5.41. The quantitative estimate of drug-likeness (QED) is 0.673. The minimum atomic E-state index is -0.0208. The van der Waals surface area contributed by atoms with E-state index in [-0.39, 0.29) is 5.56 Å². The van der Waals surface area contributed by atoms with Crippen LogP contribution in [0.15, 0.2) is 65.6 Å². The van der Waals surface area contributed by atoms with E-state index in [0.717, 1.165) is 29.3 Å². The smallest absolute Gasteiger partial charge is 0.255 e. The van der Waals surface area contributed by atoms with E-state index in [2.05, 4.69) is 47.6 Å². The van der Waals surface area contributed by atoms with Gasteiger partial charge >= 0.3 is 0 Å². The number of hydrogen-bond donors (Lipinski definition) is 2. The molecule has 0 amide bonds. The maximum atomic E-state index is 11.2. The first-order chi connectivity index (χ1) is 13.1. The minimum Gasteiger partial charge on any atom is -0.329 e. The summed E-state index contributed by atoms with van der Waals surface area (Å²) < 4.78 is 0. The van der Waals surface area contributed by atoms with Crippen LogP contribution in [0.4, 0.5) is 0 Å². The number of rotatable bonds is 3. The molecule has 2 N–H and O–H groups in total. The van der Waals surface area contributed by atoms with Crippen molar-refractivity contribution in [1.29, 1.82) is 0 Å². The van der Waals surface area contributed by atoms with Gasteiger partial charge in [0.15, 0.2) is 0 Å². The van der Waals surface area contributed by atoms with Crippen molar-refractivity contribution in [2.45, 2.75) is 52.1 Å². The average molecular weight is 363 g/mol. The van der Waals surface area contributed by atoms with E-state index >= 15 is 0 Å². The van der Waals surface area contributed by atoms with Crippen LogP contribution in [0.2, 0.25) is 0 Å². The minimum absolute atomic E-state index is 0.0208. The summed E-state index contributed by atoms with van der Waals surface area (Å²) in [4.78, 5) is 13.9. The third-order valence-corrected chi connectivity index (χ3v) is 5.38. The van der Waals surface area contributed by atoms with Crippen molar-refractivity contribution in [2.75, 3.05) is 0 Å². The number of H-pyrrole nitrogens is 1. The number of nitrogens with one attached hydrogen (secondary N) is 2. The van der Waals surface area contributed by atoms with Gasteiger partial charge in [-0.15, -0.1) is 0 Å². The Morgan fingerprint density at radius 1 is 1.00 bits per heavy atom. The number of fused-ring (bicyclic) bond motifs is 1. The second kappa shape index (κ2) is 9.52. The number of aromatic nitrogens is 1. The Morgan fingerprint density at radius 2 is 1.74 bits per heavy atom. The van der Waals surface area contributed by atoms with Gasteiger partial charge in [-0.1, -0.05) is 55.0 Å². The maximum absolute atomic E-state index is 11.2. The van der Waals surface area contributed by atoms with E-state index in [4.69, 9.17) is 0 Å². The van der Waals surface area contributed by atoms with E-state index in [0.29, 0.717) is 0 Å². The highest BCUT2D eigenvalue weighted by Crippen LogP contribution is 2.23. The lowest BCUT2D eigenvalue weighted by Crippen LogP contribution is -2.32. The zero-order valence-electron chi connectivity index (χ0n) is 16.4. The van der Waals surface area contributed by atoms with Crippen LogP contribution in [0.25, 0.3) is 10.8 Å². The van der Waals surface area contributed by atoms with Gasteiger partial charge in [0.2, 0.25) is 0 Å². The van der Waals surface area contributed by atoms with Gasteiger partial charge in [0, 0.05) is 24.2 Å². The molecule has 1 heterocycles. The van der Waals surface area contributed by atoms with E-state index in [1.807, 2.05) is 31.2 Å². The summed E-state index contributed by atoms with van der Waals surface area (Å²) in [5.74, 6) is 0.944. The monoisotopic (exact) mass is 362 g/mol. The third-order valence-electron chi connectivity index (χ3n) is 5.38. The summed E-state index contributed by atoms with van der Waals surface area (Å²) in [6.07, 6.45) is 7.17. The molecule has 0 spiro atoms. The van der Waals surface area contributed by atoms with Crippen molar-refractivity contribution >= 4 is 10.8 Å². The largest absolute Gasteiger partial charge is 0.329 e. The van der Waals surface area contributed by atoms with Gasteiger partial charge in [-0.05, 0) is 61.6 Å². The maximum Gasteiger partial charge on any atom is 0.255 e. The van der Waals surface area contributed by atoms with Gasteiger partial charge in [0.25, 0.3) is 5.56 Å². The number of pyridine rings is 1. The lowest BCUT2D eigenvalue weighted by atomic mass is 9.87. The Bertz CT molecular complexity index is 893. The molecular weight excluding hydrogens is 332 g/mol. The van der Waals surface area contributed by atoms with Gasteiger partial charge in [-0.25, -0.2) is 0 Å². The van der Waals surface area contributed by atoms with E-state index in [1.165, 1.54) is 36.8 Å². The van der Waals surface area contributed by atoms with Crippen molar-refractivity contribution in [3.05, 3.63) is 82.3 Å². The van der Waals surface area contributed by atoms with Gasteiger partial charge < -0.3 is 10.3 Å². The van der Waals surface area contributed by atoms with E-state index < -0.39 is 0 Å². The molecule has 3 nitrogen and oxygen atoms in total. The summed E-state index contributed by atoms with van der Waals surface area (Å²) >= 11 is 0. The fourth-order valence-electron chi connectivity index (χ4n) is 3.63. The Labute approximate surface area is 161 Å². The lowest BCUT2D eigenvalue weighted by Gasteiger charge is -2.27. The van der Waals surface area contributed by atoms with E-state index in [9.17, 15) is 4.79 Å². The van der Waals surface area contributed by atoms with Crippen molar-refractivity contribution in [3.63, 3.8) is 0 Å². The standard InChI is InChI=1S/C14H21N.C10H9NO/c1-12-7-9-14(10-8-12)15-11-13-5-3-2-4-6-13;1-7-2-3-9-8(6-7)4-5-11-10(9)12/h2-6,12,14-15H,7-11H2,1H3;2-6H,1H3,(H,11,12). The molecule has 2 aromatic carbocycles. The van der Waals surface area contributed by atoms with Crippen molar-refractivity contribution < 1.29 is 0 Å². The SMILES string of the molecule is CC1CCC(NCc2ccccc2)CC1.Cc1ccc2c(=O)[nH]ccc2c1. The predicted octanol–water partition coefficient (Wildman–Crippen LogP) is 5.19. The fourth-order valence-corrected chi connectivity index (χ4v) is 3.63. The highest BCUT2D eigenvalue weighted by atomic mass is 16.1. The van der Waals surface area contributed by atoms with E-state index in [1.54, 1.807) is 6.20 Å². The molecule has 3 aromatic rings. The Balaban J connectivity index is 0.000000159. The van der Waals surface area contributed by atoms with Crippen LogP contribution >= 0.6 is 0 Å². The van der Waals surface area contributed by atoms with Crippen LogP contribution < -0.4 is 10.9 Å². The number of aryl methyl sites for hydroxylation is 1. The molecule has 1 aromatic heterocycles. The zero-order chi connectivity index (χ0) is 19.1. The fraction of sp³-hybridized carbons (Fsp3) is 0.375. The number of hydrogen-bond acceptors (Lipinski definition) is 2. The summed E-state index contributed by atoms with van der Waals surface area (Å²) in [5, 5.41) is 5.41. The molecule has 1 aliphatic rings. The molecule has 1 saturated carbocycles. The first-order valence-electron chi connectivity index (χ1n) is 9.97. The van der Waals surface area contributed by atoms with Crippen LogP contribution in [-0.2, 0) is 6.54 Å². The van der Waals surface area contributed by atoms with Crippen LogP contribution in [-0.4, -0.2) is 11.0 Å². The summed E-state index contributed by atoms with van der Waals surface area (Å²) in [5.41, 5.74) is 2.55. The first-order valence-corrected chi connectivity index (χ1v) is 9.97. The Morgan fingerprint density at radius 3 is 2.48 bits per heavy atom. The van der Waals surface area contributed by atoms with Crippen LogP contribution in [0.1, 0.15) is 43.7 Å². The molecule has 4 rings (SSSR count). The third kappa shape index (κ3) is 5.80. The molecule has 3 heteroatoms. The van der Waals surface area contributed by atoms with Crippen molar-refractivity contribution in [3.8, 4) is 0 Å². The van der Waals surface area contributed by atoms with Crippen molar-refractivity contribution in [2.24, 2.45) is 5.92 Å². The molecule has 142 valence electrons. The highest BCUT2D eigenvalue weighted by Gasteiger charge is 2.17. The molecule has 0 atom stereocenters. The van der Waals surface area contributed by atoms with Crippen LogP contribution in [0.5, 0.6) is 0 Å². The van der Waals surface area contributed by atoms with Gasteiger partial charge in [-0.3, -0.25) is 4.79 Å². The number of benzene rings is 2. The van der Waals surface area contributed by atoms with Gasteiger partial charge in [-0.2, -0.15) is 0 Å². The summed E-state index contributed by atoms with van der Waals surface area (Å²) in [6, 6.07) is 19.1. The molecule has 0 bridgehead atoms. The molecule has 1 fully saturated rings. The molecular formula is C24H30N2O. The highest BCUT2D eigenvalue weighted by molar-refractivity contribution is 5.81. The van der Waals surface area contributed by atoms with Gasteiger partial charge in [0.1, 0.15) is 0 Å². The molecule has 0 unspecified atom stereocenters. The second-order valence-corrected chi connectivity index (χ2v) is 7.72. The van der Waals surface area contributed by atoms with Gasteiger partial charge in [0.05, 0.1) is 0 Å². The molecule has 27 heavy (non-hydrogen) atoms. The normalized spacial score (nSPS) is 19.3. The summed E-state index contributed by atoms with van der Waals surface area (Å²) in [7, 11) is 0. The Hall–Kier alpha value is -2.39. The molecule has 0 aliphatic heterocycles. The number of aromatic amines is 1. The first kappa shape index (κ1) is 19.4. The second-order valence-electron chi connectivity index (χ2n) is 7.72. The van der Waals surface area contributed by atoms with Crippen molar-refractivity contribution in [1.82, 2.24) is 10.3 Å². The molecule has 0 saturated heterocycles. The zero-order valence-corrected chi connectivity index (χ0v) is 16.4. The van der Waals surface area contributed by atoms with Crippen LogP contribution in [0, 0.1) is 12.8 Å². The Kier molecular flexibility index (Phi) is 6.83. The lowest BCUT2D eigenvalue weighted by molar-refractivity contribution is 0.306. The predicted molar refractivity (Wildman–Crippen MR) is 114 cm³/mol. The van der Waals surface area contributed by atoms with Crippen LogP contribution in [0.3, 0.4) is 0 Å². The molecule has 1 aliphatic carbocycles. The average Bonchev–Trinajstić information content (AvgIpc) is 2.69.